The lowest BCUT2D eigenvalue weighted by molar-refractivity contribution is 0.971. The molecule has 1 atom stereocenters. The third kappa shape index (κ3) is 2.24. The first-order valence-corrected chi connectivity index (χ1v) is 3.74. The summed E-state index contributed by atoms with van der Waals surface area (Å²) in [6, 6.07) is 1.80. The first-order valence-electron chi connectivity index (χ1n) is 3.74. The summed E-state index contributed by atoms with van der Waals surface area (Å²) in [7, 11) is 0. The minimum atomic E-state index is -0.0354. The van der Waals surface area contributed by atoms with E-state index in [9.17, 15) is 0 Å². The van der Waals surface area contributed by atoms with E-state index in [0.717, 1.165) is 5.69 Å². The minimum Gasteiger partial charge on any atom is -0.341 e. The van der Waals surface area contributed by atoms with Gasteiger partial charge in [-0.05, 0) is 19.9 Å². The van der Waals surface area contributed by atoms with Crippen molar-refractivity contribution in [2.75, 3.05) is 5.32 Å². The number of nitrogens with zero attached hydrogens (tertiary/aromatic N) is 2. The Morgan fingerprint density at radius 1 is 1.67 bits per heavy atom. The number of hydrogen-bond acceptors (Lipinski definition) is 3. The molecule has 3 heteroatoms. The highest BCUT2D eigenvalue weighted by molar-refractivity contribution is 5.29. The lowest BCUT2D eigenvalue weighted by atomic mass is 10.4. The quantitative estimate of drug-likeness (QED) is 0.663. The SMILES string of the molecule is C#CC(C)Nc1nccc(C)n1. The number of rotatable bonds is 2. The summed E-state index contributed by atoms with van der Waals surface area (Å²) in [6.07, 6.45) is 6.89. The van der Waals surface area contributed by atoms with Crippen molar-refractivity contribution < 1.29 is 0 Å². The zero-order valence-corrected chi connectivity index (χ0v) is 7.20. The normalized spacial score (nSPS) is 11.8. The van der Waals surface area contributed by atoms with E-state index in [0.29, 0.717) is 5.95 Å². The molecule has 0 bridgehead atoms. The summed E-state index contributed by atoms with van der Waals surface area (Å²) in [5, 5.41) is 2.97. The summed E-state index contributed by atoms with van der Waals surface area (Å²) in [5.74, 6) is 3.13. The van der Waals surface area contributed by atoms with Crippen molar-refractivity contribution in [2.45, 2.75) is 19.9 Å². The van der Waals surface area contributed by atoms with Crippen LogP contribution in [0, 0.1) is 19.3 Å². The molecule has 0 amide bonds. The molecule has 1 aromatic rings. The summed E-state index contributed by atoms with van der Waals surface area (Å²) in [6.45, 7) is 3.79. The van der Waals surface area contributed by atoms with Gasteiger partial charge in [0.2, 0.25) is 5.95 Å². The highest BCUT2D eigenvalue weighted by Gasteiger charge is 1.98. The van der Waals surface area contributed by atoms with Crippen LogP contribution in [0.25, 0.3) is 0 Å². The number of nitrogens with one attached hydrogen (secondary N) is 1. The van der Waals surface area contributed by atoms with E-state index in [1.165, 1.54) is 0 Å². The van der Waals surface area contributed by atoms with Gasteiger partial charge in [0.25, 0.3) is 0 Å². The first kappa shape index (κ1) is 8.54. The van der Waals surface area contributed by atoms with Crippen molar-refractivity contribution in [3.8, 4) is 12.3 Å². The largest absolute Gasteiger partial charge is 0.341 e. The first-order chi connectivity index (χ1) is 5.72. The highest BCUT2D eigenvalue weighted by atomic mass is 15.1. The Morgan fingerprint density at radius 2 is 2.42 bits per heavy atom. The van der Waals surface area contributed by atoms with Gasteiger partial charge in [-0.2, -0.15) is 0 Å². The van der Waals surface area contributed by atoms with Crippen molar-refractivity contribution in [1.82, 2.24) is 9.97 Å². The van der Waals surface area contributed by atoms with Crippen LogP contribution in [0.2, 0.25) is 0 Å². The standard InChI is InChI=1S/C9H11N3/c1-4-7(2)11-9-10-6-5-8(3)12-9/h1,5-7H,2-3H3,(H,10,11,12). The van der Waals surface area contributed by atoms with Crippen LogP contribution in [-0.2, 0) is 0 Å². The molecular formula is C9H11N3. The molecule has 0 fully saturated rings. The van der Waals surface area contributed by atoms with Crippen LogP contribution < -0.4 is 5.32 Å². The summed E-state index contributed by atoms with van der Waals surface area (Å²) in [4.78, 5) is 8.15. The summed E-state index contributed by atoms with van der Waals surface area (Å²) >= 11 is 0. The van der Waals surface area contributed by atoms with Gasteiger partial charge in [0.05, 0.1) is 6.04 Å². The van der Waals surface area contributed by atoms with Crippen LogP contribution in [-0.4, -0.2) is 16.0 Å². The molecule has 1 rings (SSSR count). The third-order valence-electron chi connectivity index (χ3n) is 1.39. The monoisotopic (exact) mass is 161 g/mol. The lowest BCUT2D eigenvalue weighted by Crippen LogP contribution is -2.14. The Hall–Kier alpha value is -1.56. The van der Waals surface area contributed by atoms with E-state index in [-0.39, 0.29) is 6.04 Å². The molecule has 1 aromatic heterocycles. The van der Waals surface area contributed by atoms with Crippen LogP contribution in [0.1, 0.15) is 12.6 Å². The predicted octanol–water partition coefficient (Wildman–Crippen LogP) is 1.22. The zero-order valence-electron chi connectivity index (χ0n) is 7.20. The average molecular weight is 161 g/mol. The summed E-state index contributed by atoms with van der Waals surface area (Å²) in [5.41, 5.74) is 0.928. The smallest absolute Gasteiger partial charge is 0.223 e. The summed E-state index contributed by atoms with van der Waals surface area (Å²) < 4.78 is 0. The molecule has 1 unspecified atom stereocenters. The van der Waals surface area contributed by atoms with E-state index in [2.05, 4.69) is 21.2 Å². The second-order valence-electron chi connectivity index (χ2n) is 2.55. The predicted molar refractivity (Wildman–Crippen MR) is 48.7 cm³/mol. The maximum atomic E-state index is 5.19. The second kappa shape index (κ2) is 3.72. The van der Waals surface area contributed by atoms with Gasteiger partial charge in [-0.1, -0.05) is 5.92 Å². The van der Waals surface area contributed by atoms with Gasteiger partial charge in [-0.25, -0.2) is 9.97 Å². The fourth-order valence-electron chi connectivity index (χ4n) is 0.754. The van der Waals surface area contributed by atoms with E-state index in [1.54, 1.807) is 6.20 Å². The zero-order chi connectivity index (χ0) is 8.97. The number of terminal acetylenes is 1. The van der Waals surface area contributed by atoms with Crippen LogP contribution >= 0.6 is 0 Å². The van der Waals surface area contributed by atoms with Gasteiger partial charge in [-0.15, -0.1) is 6.42 Å². The Kier molecular flexibility index (Phi) is 2.65. The average Bonchev–Trinajstić information content (AvgIpc) is 2.04. The van der Waals surface area contributed by atoms with Crippen molar-refractivity contribution in [3.63, 3.8) is 0 Å². The third-order valence-corrected chi connectivity index (χ3v) is 1.39. The molecule has 3 nitrogen and oxygen atoms in total. The Labute approximate surface area is 72.2 Å². The van der Waals surface area contributed by atoms with Gasteiger partial charge < -0.3 is 5.32 Å². The van der Waals surface area contributed by atoms with E-state index >= 15 is 0 Å². The number of anilines is 1. The van der Waals surface area contributed by atoms with Crippen LogP contribution in [0.3, 0.4) is 0 Å². The van der Waals surface area contributed by atoms with E-state index < -0.39 is 0 Å². The molecule has 12 heavy (non-hydrogen) atoms. The molecule has 0 aliphatic heterocycles. The Morgan fingerprint density at radius 3 is 3.00 bits per heavy atom. The molecule has 0 aromatic carbocycles. The van der Waals surface area contributed by atoms with Crippen LogP contribution in [0.4, 0.5) is 5.95 Å². The number of aromatic nitrogens is 2. The van der Waals surface area contributed by atoms with Gasteiger partial charge in [0.15, 0.2) is 0 Å². The van der Waals surface area contributed by atoms with E-state index in [1.807, 2.05) is 19.9 Å². The van der Waals surface area contributed by atoms with Gasteiger partial charge >= 0.3 is 0 Å². The molecule has 1 heterocycles. The van der Waals surface area contributed by atoms with Crippen LogP contribution in [0.15, 0.2) is 12.3 Å². The fraction of sp³-hybridized carbons (Fsp3) is 0.333. The lowest BCUT2D eigenvalue weighted by Gasteiger charge is -2.06. The molecule has 0 aliphatic rings. The second-order valence-corrected chi connectivity index (χ2v) is 2.55. The molecule has 0 aliphatic carbocycles. The van der Waals surface area contributed by atoms with Crippen molar-refractivity contribution in [2.24, 2.45) is 0 Å². The molecule has 0 radical (unpaired) electrons. The van der Waals surface area contributed by atoms with Gasteiger partial charge in [0, 0.05) is 11.9 Å². The topological polar surface area (TPSA) is 37.8 Å². The maximum Gasteiger partial charge on any atom is 0.223 e. The van der Waals surface area contributed by atoms with Crippen molar-refractivity contribution >= 4 is 5.95 Å². The molecule has 0 saturated carbocycles. The van der Waals surface area contributed by atoms with Gasteiger partial charge in [-0.3, -0.25) is 0 Å². The number of aryl methyl sites for hydroxylation is 1. The molecule has 0 saturated heterocycles. The van der Waals surface area contributed by atoms with Crippen LogP contribution in [0.5, 0.6) is 0 Å². The maximum absolute atomic E-state index is 5.19. The van der Waals surface area contributed by atoms with E-state index in [4.69, 9.17) is 6.42 Å². The van der Waals surface area contributed by atoms with Crippen molar-refractivity contribution in [3.05, 3.63) is 18.0 Å². The number of hydrogen-bond donors (Lipinski definition) is 1. The van der Waals surface area contributed by atoms with Gasteiger partial charge in [0.1, 0.15) is 0 Å². The molecule has 1 N–H and O–H groups in total. The minimum absolute atomic E-state index is 0.0354. The molecular weight excluding hydrogens is 150 g/mol. The highest BCUT2D eigenvalue weighted by Crippen LogP contribution is 2.00. The Balaban J connectivity index is 2.71. The molecule has 62 valence electrons. The van der Waals surface area contributed by atoms with Crippen molar-refractivity contribution in [1.29, 1.82) is 0 Å². The molecule has 0 spiro atoms. The Bertz CT molecular complexity index is 301. The fourth-order valence-corrected chi connectivity index (χ4v) is 0.754.